The molecular formula is C22H24N2O5. The van der Waals surface area contributed by atoms with Crippen molar-refractivity contribution in [2.45, 2.75) is 43.2 Å². The molecule has 4 bridgehead atoms. The van der Waals surface area contributed by atoms with Gasteiger partial charge in [-0.25, -0.2) is 0 Å². The third kappa shape index (κ3) is 1.50. The van der Waals surface area contributed by atoms with E-state index in [1.54, 1.807) is 7.11 Å². The van der Waals surface area contributed by atoms with Crippen LogP contribution >= 0.6 is 0 Å². The van der Waals surface area contributed by atoms with E-state index in [0.29, 0.717) is 25.1 Å². The fourth-order valence-corrected chi connectivity index (χ4v) is 7.35. The number of nitrogens with one attached hydrogen (secondary N) is 1. The van der Waals surface area contributed by atoms with Crippen molar-refractivity contribution in [2.75, 3.05) is 26.1 Å². The first-order valence-electron chi connectivity index (χ1n) is 10.1. The molecule has 0 amide bonds. The van der Waals surface area contributed by atoms with Gasteiger partial charge < -0.3 is 24.3 Å². The molecular weight excluding hydrogens is 372 g/mol. The number of carbonyl (C=O) groups is 2. The van der Waals surface area contributed by atoms with Crippen molar-refractivity contribution in [3.05, 3.63) is 35.4 Å². The number of allylic oxidation sites excluding steroid dienone is 1. The zero-order valence-corrected chi connectivity index (χ0v) is 16.7. The lowest BCUT2D eigenvalue weighted by molar-refractivity contribution is -0.182. The first-order valence-corrected chi connectivity index (χ1v) is 10.1. The normalized spacial score (nSPS) is 44.4. The minimum absolute atomic E-state index is 0.0739. The van der Waals surface area contributed by atoms with E-state index >= 15 is 0 Å². The number of hydrogen-bond donors (Lipinski definition) is 1. The van der Waals surface area contributed by atoms with E-state index in [1.165, 1.54) is 7.11 Å². The average Bonchev–Trinajstić information content (AvgIpc) is 3.36. The summed E-state index contributed by atoms with van der Waals surface area (Å²) in [6.07, 6.45) is 4.01. The summed E-state index contributed by atoms with van der Waals surface area (Å²) < 4.78 is 17.6. The van der Waals surface area contributed by atoms with Crippen LogP contribution in [0.5, 0.6) is 5.75 Å². The zero-order valence-electron chi connectivity index (χ0n) is 16.7. The maximum Gasteiger partial charge on any atom is 0.320 e. The molecule has 1 saturated carbocycles. The van der Waals surface area contributed by atoms with Gasteiger partial charge in [-0.05, 0) is 25.0 Å². The fraction of sp³-hybridized carbons (Fsp3) is 0.545. The number of methoxy groups -OCH3 is 2. The highest BCUT2D eigenvalue weighted by atomic mass is 16.6. The number of ether oxygens (including phenoxy) is 3. The third-order valence-electron chi connectivity index (χ3n) is 8.30. The molecule has 0 aromatic heterocycles. The molecule has 6 rings (SSSR count). The quantitative estimate of drug-likeness (QED) is 0.361. The lowest BCUT2D eigenvalue weighted by Crippen LogP contribution is -2.78. The molecule has 1 N–H and O–H groups in total. The zero-order chi connectivity index (χ0) is 20.2. The Hall–Kier alpha value is -2.38. The monoisotopic (exact) mass is 396 g/mol. The Balaban J connectivity index is 1.74. The molecule has 1 unspecified atom stereocenters. The molecule has 4 heterocycles. The van der Waals surface area contributed by atoms with Crippen LogP contribution in [0.25, 0.3) is 0 Å². The van der Waals surface area contributed by atoms with Gasteiger partial charge in [-0.3, -0.25) is 9.69 Å². The van der Waals surface area contributed by atoms with Gasteiger partial charge in [0, 0.05) is 18.9 Å². The van der Waals surface area contributed by atoms with Gasteiger partial charge >= 0.3 is 5.97 Å². The fourth-order valence-electron chi connectivity index (χ4n) is 7.35. The second kappa shape index (κ2) is 5.21. The van der Waals surface area contributed by atoms with Crippen molar-refractivity contribution in [3.8, 4) is 5.75 Å². The van der Waals surface area contributed by atoms with Crippen LogP contribution in [-0.4, -0.2) is 55.9 Å². The Kier molecular flexibility index (Phi) is 3.14. The predicted octanol–water partition coefficient (Wildman–Crippen LogP) is 1.82. The number of piperidine rings is 2. The number of esters is 1. The number of rotatable bonds is 3. The van der Waals surface area contributed by atoms with Gasteiger partial charge in [-0.15, -0.1) is 0 Å². The van der Waals surface area contributed by atoms with E-state index in [9.17, 15) is 9.59 Å². The van der Waals surface area contributed by atoms with Crippen molar-refractivity contribution in [1.29, 1.82) is 0 Å². The van der Waals surface area contributed by atoms with Gasteiger partial charge in [0.15, 0.2) is 5.72 Å². The highest BCUT2D eigenvalue weighted by Gasteiger charge is 2.87. The van der Waals surface area contributed by atoms with Crippen molar-refractivity contribution in [2.24, 2.45) is 11.3 Å². The Morgan fingerprint density at radius 3 is 2.90 bits per heavy atom. The molecule has 6 atom stereocenters. The standard InChI is InChI=1S/C22H24N2O5/c1-4-12-10-24-16-8-14(12)20(11-25,19(26)28-3)21-9-17(24)29-22(16,21)23-18-13(21)6-5-7-15(18)27-2/h4-7,11,14,16-17,23H,8-10H2,1-3H3/b12-4-/t14-,16?,17-,20-,21-,22-/m0/s1. The number of para-hydroxylation sites is 1. The minimum atomic E-state index is -1.36. The SMILES string of the molecule is C/C=C1/CN2C3C[C@@H]1[C@@](C=O)(C(=O)OC)[C@@]14C[C@@H]2O[C@@]31Nc1c(OC)cccc14. The smallest absolute Gasteiger partial charge is 0.320 e. The van der Waals surface area contributed by atoms with Crippen LogP contribution in [0.3, 0.4) is 0 Å². The van der Waals surface area contributed by atoms with Crippen LogP contribution in [0, 0.1) is 11.3 Å². The van der Waals surface area contributed by atoms with Gasteiger partial charge in [0.2, 0.25) is 0 Å². The molecule has 4 aliphatic heterocycles. The van der Waals surface area contributed by atoms with Crippen molar-refractivity contribution >= 4 is 17.9 Å². The summed E-state index contributed by atoms with van der Waals surface area (Å²) in [6, 6.07) is 5.89. The first-order chi connectivity index (χ1) is 14.0. The predicted molar refractivity (Wildman–Crippen MR) is 103 cm³/mol. The van der Waals surface area contributed by atoms with Crippen molar-refractivity contribution < 1.29 is 23.8 Å². The summed E-state index contributed by atoms with van der Waals surface area (Å²) in [4.78, 5) is 28.9. The summed E-state index contributed by atoms with van der Waals surface area (Å²) in [7, 11) is 3.00. The number of benzene rings is 1. The van der Waals surface area contributed by atoms with Crippen LogP contribution in [0.15, 0.2) is 29.8 Å². The number of anilines is 1. The molecule has 7 nitrogen and oxygen atoms in total. The van der Waals surface area contributed by atoms with Crippen LogP contribution in [0.2, 0.25) is 0 Å². The van der Waals surface area contributed by atoms with Crippen molar-refractivity contribution in [1.82, 2.24) is 4.90 Å². The van der Waals surface area contributed by atoms with E-state index < -0.39 is 22.5 Å². The van der Waals surface area contributed by atoms with Gasteiger partial charge in [0.25, 0.3) is 0 Å². The van der Waals surface area contributed by atoms with Crippen LogP contribution in [0.1, 0.15) is 25.3 Å². The Labute approximate surface area is 169 Å². The molecule has 5 aliphatic rings. The number of fused-ring (bicyclic) bond motifs is 4. The summed E-state index contributed by atoms with van der Waals surface area (Å²) in [5.74, 6) is 0.00166. The molecule has 1 aromatic carbocycles. The van der Waals surface area contributed by atoms with E-state index in [-0.39, 0.29) is 18.2 Å². The molecule has 7 heteroatoms. The highest BCUT2D eigenvalue weighted by Crippen LogP contribution is 2.76. The summed E-state index contributed by atoms with van der Waals surface area (Å²) in [6.45, 7) is 2.69. The summed E-state index contributed by atoms with van der Waals surface area (Å²) in [5.41, 5.74) is -0.199. The van der Waals surface area contributed by atoms with E-state index in [4.69, 9.17) is 14.2 Å². The Morgan fingerprint density at radius 2 is 2.21 bits per heavy atom. The van der Waals surface area contributed by atoms with E-state index in [2.05, 4.69) is 16.3 Å². The van der Waals surface area contributed by atoms with Crippen molar-refractivity contribution in [3.63, 3.8) is 0 Å². The third-order valence-corrected chi connectivity index (χ3v) is 8.30. The molecule has 29 heavy (non-hydrogen) atoms. The van der Waals surface area contributed by atoms with Gasteiger partial charge in [-0.1, -0.05) is 23.8 Å². The Morgan fingerprint density at radius 1 is 1.38 bits per heavy atom. The average molecular weight is 396 g/mol. The highest BCUT2D eigenvalue weighted by molar-refractivity contribution is 5.99. The maximum absolute atomic E-state index is 13.5. The molecule has 1 aromatic rings. The van der Waals surface area contributed by atoms with Crippen LogP contribution < -0.4 is 10.1 Å². The lowest BCUT2D eigenvalue weighted by Gasteiger charge is -2.63. The van der Waals surface area contributed by atoms with Gasteiger partial charge in [0.05, 0.1) is 31.4 Å². The minimum Gasteiger partial charge on any atom is -0.495 e. The molecule has 1 spiro atoms. The molecule has 3 saturated heterocycles. The summed E-state index contributed by atoms with van der Waals surface area (Å²) in [5, 5.41) is 3.62. The van der Waals surface area contributed by atoms with Crippen LogP contribution in [-0.2, 0) is 24.5 Å². The molecule has 152 valence electrons. The van der Waals surface area contributed by atoms with Gasteiger partial charge in [-0.2, -0.15) is 0 Å². The largest absolute Gasteiger partial charge is 0.495 e. The maximum atomic E-state index is 13.5. The lowest BCUT2D eigenvalue weighted by atomic mass is 9.42. The van der Waals surface area contributed by atoms with E-state index in [1.807, 2.05) is 25.1 Å². The topological polar surface area (TPSA) is 77.1 Å². The second-order valence-electron chi connectivity index (χ2n) is 8.74. The summed E-state index contributed by atoms with van der Waals surface area (Å²) >= 11 is 0. The molecule has 4 fully saturated rings. The Bertz CT molecular complexity index is 991. The van der Waals surface area contributed by atoms with Crippen LogP contribution in [0.4, 0.5) is 5.69 Å². The first kappa shape index (κ1) is 17.5. The number of aldehydes is 1. The molecule has 0 radical (unpaired) electrons. The number of hydrogen-bond acceptors (Lipinski definition) is 7. The number of nitrogens with zero attached hydrogens (tertiary/aromatic N) is 1. The van der Waals surface area contributed by atoms with E-state index in [0.717, 1.165) is 23.1 Å². The number of carbonyl (C=O) groups excluding carboxylic acids is 2. The van der Waals surface area contributed by atoms with Gasteiger partial charge in [0.1, 0.15) is 23.7 Å². The second-order valence-corrected chi connectivity index (χ2v) is 8.74. The molecule has 1 aliphatic carbocycles.